The second-order valence-corrected chi connectivity index (χ2v) is 7.45. The third kappa shape index (κ3) is 3.18. The van der Waals surface area contributed by atoms with E-state index >= 15 is 0 Å². The minimum Gasteiger partial charge on any atom is -0.330 e. The third-order valence-electron chi connectivity index (χ3n) is 4.38. The highest BCUT2D eigenvalue weighted by Crippen LogP contribution is 2.43. The van der Waals surface area contributed by atoms with Gasteiger partial charge >= 0.3 is 0 Å². The topological polar surface area (TPSA) is 70.1 Å². The Hall–Kier alpha value is -1.38. The van der Waals surface area contributed by atoms with E-state index in [0.29, 0.717) is 0 Å². The largest absolute Gasteiger partial charge is 0.330 e. The van der Waals surface area contributed by atoms with Crippen LogP contribution in [0.2, 0.25) is 0 Å². The molecule has 1 heterocycles. The van der Waals surface area contributed by atoms with E-state index in [1.54, 1.807) is 6.92 Å². The van der Waals surface area contributed by atoms with E-state index < -0.39 is 11.5 Å². The van der Waals surface area contributed by atoms with Crippen LogP contribution in [0.25, 0.3) is 0 Å². The molecule has 0 bridgehead atoms. The van der Waals surface area contributed by atoms with E-state index in [0.717, 1.165) is 22.9 Å². The van der Waals surface area contributed by atoms with Crippen LogP contribution in [0.1, 0.15) is 45.2 Å². The van der Waals surface area contributed by atoms with Gasteiger partial charge in [0.05, 0.1) is 29.6 Å². The fourth-order valence-corrected chi connectivity index (χ4v) is 3.59. The molecular formula is C17H22BrN3O. The Morgan fingerprint density at radius 1 is 1.50 bits per heavy atom. The number of amides is 1. The highest BCUT2D eigenvalue weighted by Gasteiger charge is 2.45. The summed E-state index contributed by atoms with van der Waals surface area (Å²) in [6, 6.07) is 9.65. The highest BCUT2D eigenvalue weighted by molar-refractivity contribution is 9.10. The van der Waals surface area contributed by atoms with Crippen molar-refractivity contribution < 1.29 is 4.79 Å². The van der Waals surface area contributed by atoms with Crippen molar-refractivity contribution in [2.75, 3.05) is 0 Å². The quantitative estimate of drug-likeness (QED) is 0.894. The zero-order chi connectivity index (χ0) is 16.5. The van der Waals surface area contributed by atoms with Gasteiger partial charge in [0, 0.05) is 4.47 Å². The number of hydrogen-bond donors (Lipinski definition) is 1. The van der Waals surface area contributed by atoms with Crippen molar-refractivity contribution in [3.8, 4) is 6.07 Å². The monoisotopic (exact) mass is 363 g/mol. The molecule has 0 aromatic heterocycles. The smallest absolute Gasteiger partial charge is 0.240 e. The summed E-state index contributed by atoms with van der Waals surface area (Å²) in [4.78, 5) is 14.5. The number of nitrogens with two attached hydrogens (primary N) is 1. The molecule has 1 unspecified atom stereocenters. The van der Waals surface area contributed by atoms with Crippen LogP contribution in [0, 0.1) is 16.7 Å². The number of hydrogen-bond acceptors (Lipinski definition) is 3. The molecule has 0 aliphatic carbocycles. The van der Waals surface area contributed by atoms with Crippen LogP contribution in [0.15, 0.2) is 28.7 Å². The van der Waals surface area contributed by atoms with E-state index in [1.165, 1.54) is 0 Å². The predicted molar refractivity (Wildman–Crippen MR) is 89.8 cm³/mol. The van der Waals surface area contributed by atoms with Gasteiger partial charge in [0.25, 0.3) is 0 Å². The van der Waals surface area contributed by atoms with Gasteiger partial charge in [0.15, 0.2) is 0 Å². The maximum atomic E-state index is 12.7. The molecule has 1 saturated heterocycles. The third-order valence-corrected chi connectivity index (χ3v) is 4.88. The molecule has 1 aliphatic rings. The summed E-state index contributed by atoms with van der Waals surface area (Å²) >= 11 is 3.48. The zero-order valence-corrected chi connectivity index (χ0v) is 14.8. The van der Waals surface area contributed by atoms with E-state index in [2.05, 4.69) is 22.0 Å². The van der Waals surface area contributed by atoms with Crippen LogP contribution in [0.5, 0.6) is 0 Å². The Kier molecular flexibility index (Phi) is 4.93. The Labute approximate surface area is 140 Å². The van der Waals surface area contributed by atoms with Crippen LogP contribution < -0.4 is 5.73 Å². The lowest BCUT2D eigenvalue weighted by molar-refractivity contribution is -0.137. The van der Waals surface area contributed by atoms with Crippen molar-refractivity contribution in [1.82, 2.24) is 4.90 Å². The second-order valence-electron chi connectivity index (χ2n) is 6.53. The van der Waals surface area contributed by atoms with Crippen molar-refractivity contribution in [2.24, 2.45) is 11.1 Å². The number of rotatable bonds is 3. The standard InChI is InChI=1S/C17H22BrN3O/c1-11(20)16(22)21-14(12-5-4-6-13(18)9-12)7-8-15(21)17(2,3)10-19/h4-6,9,11,14-15H,7-8,20H2,1-3H3/t11-,14+,15?/m1/s1. The summed E-state index contributed by atoms with van der Waals surface area (Å²) < 4.78 is 0.987. The number of likely N-dealkylation sites (tertiary alicyclic amines) is 1. The van der Waals surface area contributed by atoms with E-state index in [-0.39, 0.29) is 18.0 Å². The Morgan fingerprint density at radius 3 is 2.73 bits per heavy atom. The normalized spacial score (nSPS) is 23.2. The van der Waals surface area contributed by atoms with E-state index in [4.69, 9.17) is 5.73 Å². The van der Waals surface area contributed by atoms with Crippen LogP contribution in [-0.4, -0.2) is 22.9 Å². The fraction of sp³-hybridized carbons (Fsp3) is 0.529. The van der Waals surface area contributed by atoms with Crippen molar-refractivity contribution in [1.29, 1.82) is 5.26 Å². The Morgan fingerprint density at radius 2 is 2.18 bits per heavy atom. The number of carbonyl (C=O) groups is 1. The summed E-state index contributed by atoms with van der Waals surface area (Å²) in [5, 5.41) is 9.47. The first-order valence-corrected chi connectivity index (χ1v) is 8.31. The highest BCUT2D eigenvalue weighted by atomic mass is 79.9. The first-order chi connectivity index (χ1) is 10.3. The summed E-state index contributed by atoms with van der Waals surface area (Å²) in [5.41, 5.74) is 6.34. The molecule has 4 nitrogen and oxygen atoms in total. The van der Waals surface area contributed by atoms with Gasteiger partial charge in [-0.3, -0.25) is 4.79 Å². The molecule has 1 amide bonds. The summed E-state index contributed by atoms with van der Waals surface area (Å²) in [6.45, 7) is 5.49. The van der Waals surface area contributed by atoms with Gasteiger partial charge in [0.2, 0.25) is 5.91 Å². The molecule has 0 saturated carbocycles. The van der Waals surface area contributed by atoms with Gasteiger partial charge < -0.3 is 10.6 Å². The van der Waals surface area contributed by atoms with Gasteiger partial charge in [-0.2, -0.15) is 5.26 Å². The van der Waals surface area contributed by atoms with E-state index in [9.17, 15) is 10.1 Å². The van der Waals surface area contributed by atoms with Crippen LogP contribution in [-0.2, 0) is 4.79 Å². The molecule has 1 fully saturated rings. The molecule has 1 aromatic rings. The molecule has 118 valence electrons. The number of carbonyl (C=O) groups excluding carboxylic acids is 1. The number of halogens is 1. The molecule has 1 aromatic carbocycles. The molecule has 22 heavy (non-hydrogen) atoms. The molecule has 5 heteroatoms. The molecule has 0 radical (unpaired) electrons. The second kappa shape index (κ2) is 6.39. The number of nitrogens with zero attached hydrogens (tertiary/aromatic N) is 2. The van der Waals surface area contributed by atoms with Crippen LogP contribution in [0.4, 0.5) is 0 Å². The number of benzene rings is 1. The summed E-state index contributed by atoms with van der Waals surface area (Å²) in [5.74, 6) is -0.0872. The lowest BCUT2D eigenvalue weighted by atomic mass is 9.84. The van der Waals surface area contributed by atoms with Crippen molar-refractivity contribution in [3.63, 3.8) is 0 Å². The fourth-order valence-electron chi connectivity index (χ4n) is 3.18. The SMILES string of the molecule is C[C@@H](N)C(=O)N1C(C(C)(C)C#N)CC[C@H]1c1cccc(Br)c1. The van der Waals surface area contributed by atoms with Gasteiger partial charge in [0.1, 0.15) is 0 Å². The Bertz CT molecular complexity index is 606. The molecule has 0 spiro atoms. The first-order valence-electron chi connectivity index (χ1n) is 7.52. The maximum Gasteiger partial charge on any atom is 0.240 e. The zero-order valence-electron chi connectivity index (χ0n) is 13.2. The van der Waals surface area contributed by atoms with Gasteiger partial charge in [-0.25, -0.2) is 0 Å². The summed E-state index contributed by atoms with van der Waals surface area (Å²) in [7, 11) is 0. The van der Waals surface area contributed by atoms with Crippen LogP contribution in [0.3, 0.4) is 0 Å². The molecule has 2 N–H and O–H groups in total. The average molecular weight is 364 g/mol. The van der Waals surface area contributed by atoms with Crippen molar-refractivity contribution in [2.45, 2.75) is 51.7 Å². The van der Waals surface area contributed by atoms with Gasteiger partial charge in [-0.05, 0) is 51.3 Å². The molecule has 3 atom stereocenters. The molecular weight excluding hydrogens is 342 g/mol. The van der Waals surface area contributed by atoms with Crippen molar-refractivity contribution in [3.05, 3.63) is 34.3 Å². The minimum absolute atomic E-state index is 0.0198. The van der Waals surface area contributed by atoms with Gasteiger partial charge in [-0.1, -0.05) is 28.1 Å². The first kappa shape index (κ1) is 17.0. The van der Waals surface area contributed by atoms with Crippen LogP contribution >= 0.6 is 15.9 Å². The van der Waals surface area contributed by atoms with Gasteiger partial charge in [-0.15, -0.1) is 0 Å². The minimum atomic E-state index is -0.592. The maximum absolute atomic E-state index is 12.7. The number of nitriles is 1. The van der Waals surface area contributed by atoms with E-state index in [1.807, 2.05) is 43.0 Å². The summed E-state index contributed by atoms with van der Waals surface area (Å²) in [6.07, 6.45) is 1.67. The lowest BCUT2D eigenvalue weighted by Crippen LogP contribution is -2.50. The predicted octanol–water partition coefficient (Wildman–Crippen LogP) is 3.38. The molecule has 2 rings (SSSR count). The molecule has 1 aliphatic heterocycles. The average Bonchev–Trinajstić information content (AvgIpc) is 2.91. The van der Waals surface area contributed by atoms with Crippen molar-refractivity contribution >= 4 is 21.8 Å². The Balaban J connectivity index is 2.43. The lowest BCUT2D eigenvalue weighted by Gasteiger charge is -2.37.